The fourth-order valence-electron chi connectivity index (χ4n) is 6.06. The predicted octanol–water partition coefficient (Wildman–Crippen LogP) is 3.66. The van der Waals surface area contributed by atoms with Gasteiger partial charge in [-0.2, -0.15) is 0 Å². The van der Waals surface area contributed by atoms with E-state index in [-0.39, 0.29) is 11.5 Å². The van der Waals surface area contributed by atoms with Crippen LogP contribution in [0.3, 0.4) is 0 Å². The van der Waals surface area contributed by atoms with Gasteiger partial charge in [-0.15, -0.1) is 0 Å². The average molecular weight is 282 g/mol. The third-order valence-electron chi connectivity index (χ3n) is 7.22. The summed E-state index contributed by atoms with van der Waals surface area (Å²) >= 11 is 0. The van der Waals surface area contributed by atoms with Gasteiger partial charge < -0.3 is 10.2 Å². The van der Waals surface area contributed by atoms with Crippen LogP contribution < -0.4 is 0 Å². The number of hydrogen-bond donors (Lipinski definition) is 2. The van der Waals surface area contributed by atoms with Crippen LogP contribution in [0.15, 0.2) is 23.8 Å². The van der Waals surface area contributed by atoms with Crippen molar-refractivity contribution >= 4 is 5.57 Å². The molecule has 0 bridgehead atoms. The highest BCUT2D eigenvalue weighted by Crippen LogP contribution is 2.80. The van der Waals surface area contributed by atoms with Crippen molar-refractivity contribution in [1.82, 2.24) is 0 Å². The quantitative estimate of drug-likeness (QED) is 0.762. The van der Waals surface area contributed by atoms with Gasteiger partial charge in [0.1, 0.15) is 5.75 Å². The van der Waals surface area contributed by atoms with Crippen molar-refractivity contribution in [3.05, 3.63) is 34.9 Å². The molecular formula is C19H22O2. The summed E-state index contributed by atoms with van der Waals surface area (Å²) < 4.78 is 0. The van der Waals surface area contributed by atoms with Gasteiger partial charge in [0.2, 0.25) is 0 Å². The van der Waals surface area contributed by atoms with E-state index in [9.17, 15) is 10.2 Å². The van der Waals surface area contributed by atoms with Crippen LogP contribution in [-0.2, 0) is 6.42 Å². The highest BCUT2D eigenvalue weighted by molar-refractivity contribution is 5.77. The highest BCUT2D eigenvalue weighted by Gasteiger charge is 2.74. The van der Waals surface area contributed by atoms with Crippen molar-refractivity contribution in [2.24, 2.45) is 16.7 Å². The number of aromatic hydroxyl groups is 1. The molecule has 1 aromatic rings. The third kappa shape index (κ3) is 1.25. The van der Waals surface area contributed by atoms with E-state index in [2.05, 4.69) is 13.0 Å². The maximum atomic E-state index is 10.5. The van der Waals surface area contributed by atoms with E-state index >= 15 is 0 Å². The number of aliphatic hydroxyl groups is 1. The molecule has 2 fully saturated rings. The van der Waals surface area contributed by atoms with Crippen LogP contribution >= 0.6 is 0 Å². The molecule has 4 aliphatic rings. The number of allylic oxidation sites excluding steroid dienone is 2. The molecule has 0 heterocycles. The van der Waals surface area contributed by atoms with E-state index in [4.69, 9.17) is 0 Å². The zero-order chi connectivity index (χ0) is 14.4. The summed E-state index contributed by atoms with van der Waals surface area (Å²) in [6.07, 6.45) is 6.58. The molecule has 2 nitrogen and oxygen atoms in total. The molecule has 0 radical (unpaired) electrons. The fourth-order valence-corrected chi connectivity index (χ4v) is 6.06. The molecule has 1 spiro atoms. The molecule has 0 aliphatic heterocycles. The SMILES string of the molecule is C[C@]12CCC3=C(CCc4cc(O)ccc43)[C@@]13C[C@H]3C[C@@H]2O. The molecule has 2 N–H and O–H groups in total. The Hall–Kier alpha value is -1.28. The molecule has 2 heteroatoms. The lowest BCUT2D eigenvalue weighted by Crippen LogP contribution is -2.41. The van der Waals surface area contributed by atoms with Gasteiger partial charge in [0.25, 0.3) is 0 Å². The van der Waals surface area contributed by atoms with Crippen LogP contribution in [0, 0.1) is 16.7 Å². The number of phenols is 1. The minimum Gasteiger partial charge on any atom is -0.508 e. The summed E-state index contributed by atoms with van der Waals surface area (Å²) in [4.78, 5) is 0. The van der Waals surface area contributed by atoms with Gasteiger partial charge in [0.15, 0.2) is 0 Å². The highest BCUT2D eigenvalue weighted by atomic mass is 16.3. The van der Waals surface area contributed by atoms with Crippen LogP contribution in [0.4, 0.5) is 0 Å². The standard InChI is InChI=1S/C19H22O2/c1-18-7-6-15-14-4-3-13(20)8-11(14)2-5-16(15)19(18)10-12(19)9-17(18)21/h3-4,8,12,17,20-21H,2,5-7,9-10H2,1H3/t12-,17+,18-,19+/m1/s1. The number of phenolic OH excluding ortho intramolecular Hbond substituents is 1. The number of benzene rings is 1. The van der Waals surface area contributed by atoms with Gasteiger partial charge in [-0.3, -0.25) is 0 Å². The Morgan fingerprint density at radius 1 is 1.19 bits per heavy atom. The average Bonchev–Trinajstić information content (AvgIpc) is 3.12. The fraction of sp³-hybridized carbons (Fsp3) is 0.579. The van der Waals surface area contributed by atoms with E-state index in [0.29, 0.717) is 11.2 Å². The van der Waals surface area contributed by atoms with Gasteiger partial charge in [-0.1, -0.05) is 18.6 Å². The van der Waals surface area contributed by atoms with E-state index in [1.54, 1.807) is 11.1 Å². The van der Waals surface area contributed by atoms with Gasteiger partial charge in [-0.25, -0.2) is 0 Å². The van der Waals surface area contributed by atoms with Crippen LogP contribution in [0.2, 0.25) is 0 Å². The number of aliphatic hydroxyl groups excluding tert-OH is 1. The van der Waals surface area contributed by atoms with E-state index in [0.717, 1.165) is 38.0 Å². The van der Waals surface area contributed by atoms with E-state index in [1.165, 1.54) is 17.5 Å². The molecule has 5 rings (SSSR count). The Morgan fingerprint density at radius 2 is 2.05 bits per heavy atom. The molecule has 4 atom stereocenters. The Morgan fingerprint density at radius 3 is 2.90 bits per heavy atom. The smallest absolute Gasteiger partial charge is 0.115 e. The minimum absolute atomic E-state index is 0.105. The lowest BCUT2D eigenvalue weighted by molar-refractivity contribution is 0.0114. The summed E-state index contributed by atoms with van der Waals surface area (Å²) in [6.45, 7) is 2.33. The minimum atomic E-state index is -0.105. The zero-order valence-electron chi connectivity index (χ0n) is 12.5. The third-order valence-corrected chi connectivity index (χ3v) is 7.22. The van der Waals surface area contributed by atoms with Crippen LogP contribution in [0.5, 0.6) is 5.75 Å². The predicted molar refractivity (Wildman–Crippen MR) is 81.9 cm³/mol. The summed E-state index contributed by atoms with van der Waals surface area (Å²) in [5.74, 6) is 1.11. The molecule has 0 unspecified atom stereocenters. The number of hydrogen-bond acceptors (Lipinski definition) is 2. The molecule has 0 amide bonds. The number of fused-ring (bicyclic) bond motifs is 2. The largest absolute Gasteiger partial charge is 0.508 e. The molecule has 110 valence electrons. The van der Waals surface area contributed by atoms with Crippen molar-refractivity contribution in [3.8, 4) is 5.75 Å². The maximum absolute atomic E-state index is 10.5. The summed E-state index contributed by atoms with van der Waals surface area (Å²) in [5, 5.41) is 20.3. The summed E-state index contributed by atoms with van der Waals surface area (Å²) in [7, 11) is 0. The molecule has 4 aliphatic carbocycles. The summed E-state index contributed by atoms with van der Waals surface area (Å²) in [5.41, 5.74) is 6.32. The van der Waals surface area contributed by atoms with E-state index < -0.39 is 0 Å². The normalized spacial score (nSPS) is 43.0. The molecule has 0 saturated heterocycles. The van der Waals surface area contributed by atoms with E-state index in [1.807, 2.05) is 12.1 Å². The van der Waals surface area contributed by atoms with Crippen molar-refractivity contribution < 1.29 is 10.2 Å². The molecule has 1 aromatic carbocycles. The van der Waals surface area contributed by atoms with Gasteiger partial charge >= 0.3 is 0 Å². The Kier molecular flexibility index (Phi) is 2.07. The Bertz CT molecular complexity index is 689. The molecular weight excluding hydrogens is 260 g/mol. The first-order chi connectivity index (χ1) is 10.1. The van der Waals surface area contributed by atoms with Crippen molar-refractivity contribution in [2.45, 2.75) is 51.6 Å². The number of aryl methyl sites for hydroxylation is 1. The monoisotopic (exact) mass is 282 g/mol. The first-order valence-corrected chi connectivity index (χ1v) is 8.29. The second-order valence-corrected chi connectivity index (χ2v) is 7.84. The number of rotatable bonds is 0. The van der Waals surface area contributed by atoms with Crippen molar-refractivity contribution in [1.29, 1.82) is 0 Å². The van der Waals surface area contributed by atoms with Gasteiger partial charge in [0.05, 0.1) is 6.10 Å². The lowest BCUT2D eigenvalue weighted by atomic mass is 9.59. The van der Waals surface area contributed by atoms with Crippen molar-refractivity contribution in [3.63, 3.8) is 0 Å². The van der Waals surface area contributed by atoms with Crippen LogP contribution in [0.25, 0.3) is 5.57 Å². The van der Waals surface area contributed by atoms with Gasteiger partial charge in [-0.05, 0) is 73.3 Å². The first kappa shape index (κ1) is 12.3. The molecule has 2 saturated carbocycles. The maximum Gasteiger partial charge on any atom is 0.115 e. The zero-order valence-corrected chi connectivity index (χ0v) is 12.5. The second kappa shape index (κ2) is 3.55. The molecule has 21 heavy (non-hydrogen) atoms. The topological polar surface area (TPSA) is 40.5 Å². The lowest BCUT2D eigenvalue weighted by Gasteiger charge is -2.46. The second-order valence-electron chi connectivity index (χ2n) is 7.84. The Labute approximate surface area is 125 Å². The van der Waals surface area contributed by atoms with Gasteiger partial charge in [0, 0.05) is 10.8 Å². The molecule has 0 aromatic heterocycles. The Balaban J connectivity index is 1.70. The first-order valence-electron chi connectivity index (χ1n) is 8.29. The van der Waals surface area contributed by atoms with Crippen molar-refractivity contribution in [2.75, 3.05) is 0 Å². The van der Waals surface area contributed by atoms with Crippen LogP contribution in [0.1, 0.15) is 50.2 Å². The van der Waals surface area contributed by atoms with Crippen LogP contribution in [-0.4, -0.2) is 16.3 Å². The summed E-state index contributed by atoms with van der Waals surface area (Å²) in [6, 6.07) is 5.88.